The largest absolute Gasteiger partial charge is 0.491 e. The summed E-state index contributed by atoms with van der Waals surface area (Å²) in [5.74, 6) is 0.591. The molecule has 90 valence electrons. The van der Waals surface area contributed by atoms with Crippen molar-refractivity contribution < 1.29 is 4.74 Å². The van der Waals surface area contributed by atoms with Crippen LogP contribution in [0.1, 0.15) is 41.5 Å². The molecule has 0 aliphatic carbocycles. The second kappa shape index (κ2) is 7.11. The molecule has 0 fully saturated rings. The van der Waals surface area contributed by atoms with E-state index in [4.69, 9.17) is 4.74 Å². The van der Waals surface area contributed by atoms with Gasteiger partial charge in [-0.15, -0.1) is 0 Å². The van der Waals surface area contributed by atoms with Gasteiger partial charge in [-0.1, -0.05) is 49.5 Å². The van der Waals surface area contributed by atoms with Gasteiger partial charge in [-0.25, -0.2) is 0 Å². The van der Waals surface area contributed by atoms with Crippen LogP contribution in [0.25, 0.3) is 0 Å². The number of halogens is 1. The summed E-state index contributed by atoms with van der Waals surface area (Å²) < 4.78 is 6.54. The zero-order valence-corrected chi connectivity index (χ0v) is 14.0. The molecule has 0 radical (unpaired) electrons. The molecule has 0 unspecified atom stereocenters. The maximum absolute atomic E-state index is 5.44. The monoisotopic (exact) mass is 342 g/mol. The Kier molecular flexibility index (Phi) is 7.44. The van der Waals surface area contributed by atoms with Crippen LogP contribution in [0.15, 0.2) is 9.08 Å². The van der Waals surface area contributed by atoms with Gasteiger partial charge in [0.2, 0.25) is 0 Å². The molecular formula is C12H24IOP. The van der Waals surface area contributed by atoms with E-state index < -0.39 is 0 Å². The van der Waals surface area contributed by atoms with Crippen molar-refractivity contribution in [1.29, 1.82) is 0 Å². The molecule has 0 amide bonds. The number of methoxy groups -OCH3 is 1. The summed E-state index contributed by atoms with van der Waals surface area (Å²) in [5, 5.41) is 1.54. The minimum atomic E-state index is -0.0796. The first-order chi connectivity index (χ1) is 6.82. The van der Waals surface area contributed by atoms with Gasteiger partial charge in [-0.3, -0.25) is 0 Å². The van der Waals surface area contributed by atoms with Crippen LogP contribution in [0, 0.1) is 5.92 Å². The third kappa shape index (κ3) is 4.60. The van der Waals surface area contributed by atoms with Crippen molar-refractivity contribution in [1.82, 2.24) is 0 Å². The Balaban J connectivity index is 5.21. The van der Waals surface area contributed by atoms with Crippen LogP contribution in [0.4, 0.5) is 0 Å². The highest BCUT2D eigenvalue weighted by molar-refractivity contribution is 14.1. The molecule has 3 heteroatoms. The lowest BCUT2D eigenvalue weighted by Crippen LogP contribution is -2.10. The van der Waals surface area contributed by atoms with Gasteiger partial charge in [-0.05, 0) is 39.8 Å². The van der Waals surface area contributed by atoms with Crippen molar-refractivity contribution >= 4 is 30.5 Å². The first kappa shape index (κ1) is 15.7. The molecule has 0 rings (SSSR count). The summed E-state index contributed by atoms with van der Waals surface area (Å²) in [6, 6.07) is 0. The maximum Gasteiger partial charge on any atom is 0.160 e. The van der Waals surface area contributed by atoms with Crippen LogP contribution in [0.2, 0.25) is 0 Å². The summed E-state index contributed by atoms with van der Waals surface area (Å²) in [6.07, 6.45) is 0. The molecule has 0 heterocycles. The molecule has 0 aliphatic rings. The summed E-state index contributed by atoms with van der Waals surface area (Å²) in [4.78, 5) is 0. The van der Waals surface area contributed by atoms with Gasteiger partial charge < -0.3 is 4.74 Å². The van der Waals surface area contributed by atoms with Gasteiger partial charge in [0, 0.05) is 5.31 Å². The SMILES string of the molecule is CO/C(I)=C(/C(C)C)P(C(C)C)C(C)C. The third-order valence-corrected chi connectivity index (χ3v) is 7.27. The van der Waals surface area contributed by atoms with Gasteiger partial charge in [0.15, 0.2) is 3.77 Å². The second-order valence-corrected chi connectivity index (χ2v) is 8.95. The topological polar surface area (TPSA) is 9.23 Å². The van der Waals surface area contributed by atoms with E-state index >= 15 is 0 Å². The lowest BCUT2D eigenvalue weighted by atomic mass is 10.2. The van der Waals surface area contributed by atoms with Gasteiger partial charge in [-0.2, -0.15) is 0 Å². The fourth-order valence-electron chi connectivity index (χ4n) is 1.88. The van der Waals surface area contributed by atoms with Crippen LogP contribution < -0.4 is 0 Å². The van der Waals surface area contributed by atoms with E-state index in [1.54, 1.807) is 7.11 Å². The first-order valence-electron chi connectivity index (χ1n) is 5.54. The first-order valence-corrected chi connectivity index (χ1v) is 8.10. The quantitative estimate of drug-likeness (QED) is 0.379. The molecule has 0 bridgehead atoms. The van der Waals surface area contributed by atoms with Crippen molar-refractivity contribution in [2.45, 2.75) is 52.9 Å². The number of hydrogen-bond donors (Lipinski definition) is 0. The zero-order chi connectivity index (χ0) is 12.2. The van der Waals surface area contributed by atoms with Crippen molar-refractivity contribution in [2.24, 2.45) is 5.92 Å². The Labute approximate surface area is 110 Å². The maximum atomic E-state index is 5.44. The van der Waals surface area contributed by atoms with Crippen LogP contribution in [-0.4, -0.2) is 18.4 Å². The third-order valence-electron chi connectivity index (χ3n) is 2.32. The van der Waals surface area contributed by atoms with Crippen LogP contribution in [0.3, 0.4) is 0 Å². The lowest BCUT2D eigenvalue weighted by Gasteiger charge is -2.31. The normalized spacial score (nSPS) is 14.1. The number of ether oxygens (including phenoxy) is 1. The highest BCUT2D eigenvalue weighted by Crippen LogP contribution is 2.57. The number of allylic oxidation sites excluding steroid dienone is 1. The van der Waals surface area contributed by atoms with Crippen molar-refractivity contribution in [3.8, 4) is 0 Å². The molecule has 15 heavy (non-hydrogen) atoms. The Morgan fingerprint density at radius 1 is 1.00 bits per heavy atom. The van der Waals surface area contributed by atoms with E-state index in [0.29, 0.717) is 5.92 Å². The molecule has 0 atom stereocenters. The molecule has 0 saturated heterocycles. The Morgan fingerprint density at radius 3 is 1.60 bits per heavy atom. The summed E-state index contributed by atoms with van der Waals surface area (Å²) in [6.45, 7) is 13.9. The van der Waals surface area contributed by atoms with Crippen molar-refractivity contribution in [3.05, 3.63) is 9.08 Å². The minimum Gasteiger partial charge on any atom is -0.491 e. The fourth-order valence-corrected chi connectivity index (χ4v) is 6.54. The molecule has 0 spiro atoms. The Bertz CT molecular complexity index is 214. The van der Waals surface area contributed by atoms with E-state index in [2.05, 4.69) is 64.1 Å². The van der Waals surface area contributed by atoms with E-state index in [0.717, 1.165) is 15.1 Å². The standard InChI is InChI=1S/C12H24IOP/c1-8(2)11(12(13)14-7)15(9(3)4)10(5)6/h8-10H,1-7H3/b12-11-. The Hall–Kier alpha value is 0.700. The molecule has 1 nitrogen and oxygen atoms in total. The fraction of sp³-hybridized carbons (Fsp3) is 0.833. The summed E-state index contributed by atoms with van der Waals surface area (Å²) in [7, 11) is 1.70. The zero-order valence-electron chi connectivity index (χ0n) is 11.0. The van der Waals surface area contributed by atoms with Crippen LogP contribution in [-0.2, 0) is 4.74 Å². The smallest absolute Gasteiger partial charge is 0.160 e. The van der Waals surface area contributed by atoms with Crippen molar-refractivity contribution in [2.75, 3.05) is 7.11 Å². The molecular weight excluding hydrogens is 318 g/mol. The van der Waals surface area contributed by atoms with E-state index in [1.165, 1.54) is 5.31 Å². The number of hydrogen-bond acceptors (Lipinski definition) is 1. The van der Waals surface area contributed by atoms with Gasteiger partial charge in [0.05, 0.1) is 7.11 Å². The van der Waals surface area contributed by atoms with E-state index in [9.17, 15) is 0 Å². The predicted octanol–water partition coefficient (Wildman–Crippen LogP) is 5.19. The van der Waals surface area contributed by atoms with Gasteiger partial charge in [0.25, 0.3) is 0 Å². The molecule has 0 aromatic rings. The second-order valence-electron chi connectivity index (χ2n) is 4.61. The average Bonchev–Trinajstić information content (AvgIpc) is 2.10. The molecule has 0 N–H and O–H groups in total. The molecule has 0 aromatic heterocycles. The molecule has 0 aliphatic heterocycles. The molecule has 0 saturated carbocycles. The highest BCUT2D eigenvalue weighted by atomic mass is 127. The predicted molar refractivity (Wildman–Crippen MR) is 80.1 cm³/mol. The number of rotatable bonds is 5. The van der Waals surface area contributed by atoms with Crippen molar-refractivity contribution in [3.63, 3.8) is 0 Å². The minimum absolute atomic E-state index is 0.0796. The lowest BCUT2D eigenvalue weighted by molar-refractivity contribution is 0.326. The average molecular weight is 342 g/mol. The van der Waals surface area contributed by atoms with Gasteiger partial charge in [0.1, 0.15) is 0 Å². The van der Waals surface area contributed by atoms with E-state index in [1.807, 2.05) is 0 Å². The van der Waals surface area contributed by atoms with E-state index in [-0.39, 0.29) is 7.92 Å². The van der Waals surface area contributed by atoms with Crippen LogP contribution in [0.5, 0.6) is 0 Å². The highest BCUT2D eigenvalue weighted by Gasteiger charge is 2.26. The summed E-state index contributed by atoms with van der Waals surface area (Å²) >= 11 is 2.34. The van der Waals surface area contributed by atoms with Gasteiger partial charge >= 0.3 is 0 Å². The summed E-state index contributed by atoms with van der Waals surface area (Å²) in [5.41, 5.74) is 1.47. The van der Waals surface area contributed by atoms with Crippen LogP contribution >= 0.6 is 30.5 Å². The molecule has 0 aromatic carbocycles. The Morgan fingerprint density at radius 2 is 1.40 bits per heavy atom.